The van der Waals surface area contributed by atoms with Crippen molar-refractivity contribution in [1.82, 2.24) is 15.2 Å². The second-order valence-corrected chi connectivity index (χ2v) is 5.10. The molecule has 2 amide bonds. The molecule has 2 unspecified atom stereocenters. The summed E-state index contributed by atoms with van der Waals surface area (Å²) in [5.74, 6) is 4.92. The van der Waals surface area contributed by atoms with Gasteiger partial charge in [-0.3, -0.25) is 19.9 Å². The van der Waals surface area contributed by atoms with Crippen molar-refractivity contribution in [3.05, 3.63) is 0 Å². The smallest absolute Gasteiger partial charge is 0.263 e. The van der Waals surface area contributed by atoms with Crippen LogP contribution in [-0.4, -0.2) is 67.0 Å². The van der Waals surface area contributed by atoms with Crippen LogP contribution in [0, 0.1) is 0 Å². The highest BCUT2D eigenvalue weighted by atomic mass is 16.5. The monoisotopic (exact) mass is 286 g/mol. The lowest BCUT2D eigenvalue weighted by molar-refractivity contribution is -0.134. The Bertz CT molecular complexity index is 334. The first-order chi connectivity index (χ1) is 9.51. The van der Waals surface area contributed by atoms with E-state index in [2.05, 4.69) is 5.43 Å². The van der Waals surface area contributed by atoms with Gasteiger partial charge in [-0.1, -0.05) is 0 Å². The van der Waals surface area contributed by atoms with Crippen LogP contribution in [0.5, 0.6) is 0 Å². The van der Waals surface area contributed by atoms with Gasteiger partial charge in [0.15, 0.2) is 0 Å². The van der Waals surface area contributed by atoms with Crippen LogP contribution in [0.3, 0.4) is 0 Å². The van der Waals surface area contributed by atoms with E-state index in [1.807, 2.05) is 25.8 Å². The van der Waals surface area contributed by atoms with Crippen LogP contribution in [0.15, 0.2) is 0 Å². The van der Waals surface area contributed by atoms with Crippen molar-refractivity contribution in [2.75, 3.05) is 33.2 Å². The zero-order chi connectivity index (χ0) is 15.1. The van der Waals surface area contributed by atoms with Crippen molar-refractivity contribution in [1.29, 1.82) is 0 Å². The van der Waals surface area contributed by atoms with Crippen LogP contribution >= 0.6 is 0 Å². The molecule has 3 N–H and O–H groups in total. The molecule has 0 radical (unpaired) electrons. The molecule has 0 aromatic rings. The Morgan fingerprint density at radius 3 is 2.50 bits per heavy atom. The summed E-state index contributed by atoms with van der Waals surface area (Å²) in [5.41, 5.74) is 2.10. The number of carbonyl (C=O) groups is 2. The highest BCUT2D eigenvalue weighted by Gasteiger charge is 2.31. The molecular weight excluding hydrogens is 260 g/mol. The van der Waals surface area contributed by atoms with Gasteiger partial charge < -0.3 is 9.64 Å². The van der Waals surface area contributed by atoms with E-state index in [4.69, 9.17) is 10.6 Å². The van der Waals surface area contributed by atoms with E-state index in [1.165, 1.54) is 0 Å². The van der Waals surface area contributed by atoms with Gasteiger partial charge in [-0.15, -0.1) is 0 Å². The number of carbonyl (C=O) groups excluding carboxylic acids is 2. The number of hydrogen-bond donors (Lipinski definition) is 2. The molecule has 1 rings (SSSR count). The van der Waals surface area contributed by atoms with Crippen molar-refractivity contribution in [3.63, 3.8) is 0 Å². The van der Waals surface area contributed by atoms with Crippen LogP contribution in [0.25, 0.3) is 0 Å². The molecule has 7 nitrogen and oxygen atoms in total. The molecule has 0 bridgehead atoms. The van der Waals surface area contributed by atoms with Crippen LogP contribution in [-0.2, 0) is 14.3 Å². The lowest BCUT2D eigenvalue weighted by atomic mass is 10.2. The maximum Gasteiger partial charge on any atom is 0.263 e. The maximum atomic E-state index is 12.0. The third-order valence-electron chi connectivity index (χ3n) is 3.58. The summed E-state index contributed by atoms with van der Waals surface area (Å²) in [6.45, 7) is 6.40. The van der Waals surface area contributed by atoms with Gasteiger partial charge in [0.25, 0.3) is 5.91 Å². The normalized spacial score (nSPS) is 22.1. The predicted octanol–water partition coefficient (Wildman–Crippen LogP) is -0.676. The lowest BCUT2D eigenvalue weighted by Crippen LogP contribution is -2.42. The van der Waals surface area contributed by atoms with Crippen molar-refractivity contribution in [2.45, 2.75) is 38.9 Å². The molecule has 0 aromatic heterocycles. The van der Waals surface area contributed by atoms with Gasteiger partial charge in [0, 0.05) is 19.6 Å². The Morgan fingerprint density at radius 1 is 1.30 bits per heavy atom. The second-order valence-electron chi connectivity index (χ2n) is 5.10. The number of ether oxygens (including phenoxy) is 1. The fraction of sp³-hybridized carbons (Fsp3) is 0.846. The van der Waals surface area contributed by atoms with E-state index in [1.54, 1.807) is 4.90 Å². The van der Waals surface area contributed by atoms with Gasteiger partial charge in [-0.2, -0.15) is 0 Å². The van der Waals surface area contributed by atoms with Gasteiger partial charge in [-0.05, 0) is 33.7 Å². The Balaban J connectivity index is 2.35. The van der Waals surface area contributed by atoms with E-state index in [9.17, 15) is 9.59 Å². The molecule has 2 atom stereocenters. The molecule has 0 spiro atoms. The van der Waals surface area contributed by atoms with E-state index >= 15 is 0 Å². The Kier molecular flexibility index (Phi) is 6.90. The van der Waals surface area contributed by atoms with E-state index in [-0.39, 0.29) is 17.9 Å². The largest absolute Gasteiger partial charge is 0.364 e. The van der Waals surface area contributed by atoms with Gasteiger partial charge in [-0.25, -0.2) is 5.84 Å². The molecular formula is C13H26N4O3. The van der Waals surface area contributed by atoms with Gasteiger partial charge in [0.1, 0.15) is 6.10 Å². The number of hydrazine groups is 1. The third-order valence-corrected chi connectivity index (χ3v) is 3.58. The number of nitrogens with two attached hydrogens (primary N) is 1. The first-order valence-electron chi connectivity index (χ1n) is 7.14. The fourth-order valence-electron chi connectivity index (χ4n) is 2.45. The highest BCUT2D eigenvalue weighted by Crippen LogP contribution is 2.20. The minimum Gasteiger partial charge on any atom is -0.364 e. The van der Waals surface area contributed by atoms with Gasteiger partial charge in [0.05, 0.1) is 12.6 Å². The second kappa shape index (κ2) is 8.18. The zero-order valence-corrected chi connectivity index (χ0v) is 12.6. The molecule has 116 valence electrons. The summed E-state index contributed by atoms with van der Waals surface area (Å²) in [6.07, 6.45) is 0.997. The van der Waals surface area contributed by atoms with Gasteiger partial charge in [0.2, 0.25) is 5.91 Å². The third kappa shape index (κ3) is 4.73. The van der Waals surface area contributed by atoms with E-state index in [0.29, 0.717) is 19.5 Å². The first-order valence-corrected chi connectivity index (χ1v) is 7.14. The molecule has 20 heavy (non-hydrogen) atoms. The summed E-state index contributed by atoms with van der Waals surface area (Å²) in [7, 11) is 1.89. The summed E-state index contributed by atoms with van der Waals surface area (Å²) in [5, 5.41) is 0. The molecule has 1 aliphatic heterocycles. The number of rotatable bonds is 7. The van der Waals surface area contributed by atoms with E-state index < -0.39 is 6.10 Å². The molecule has 1 fully saturated rings. The van der Waals surface area contributed by atoms with E-state index in [0.717, 1.165) is 19.5 Å². The van der Waals surface area contributed by atoms with Crippen molar-refractivity contribution in [3.8, 4) is 0 Å². The van der Waals surface area contributed by atoms with Crippen LogP contribution in [0.4, 0.5) is 0 Å². The standard InChI is InChI=1S/C13H26N4O3/c1-4-17(5-2)12(18)9-16(3)8-10-6-7-11(20-10)13(19)15-14/h10-11H,4-9,14H2,1-3H3,(H,15,19). The summed E-state index contributed by atoms with van der Waals surface area (Å²) in [4.78, 5) is 27.1. The molecule has 1 aliphatic rings. The summed E-state index contributed by atoms with van der Waals surface area (Å²) in [6, 6.07) is 0. The zero-order valence-electron chi connectivity index (χ0n) is 12.6. The predicted molar refractivity (Wildman–Crippen MR) is 75.7 cm³/mol. The summed E-state index contributed by atoms with van der Waals surface area (Å²) < 4.78 is 5.62. The minimum atomic E-state index is -0.461. The SMILES string of the molecule is CCN(CC)C(=O)CN(C)CC1CCC(C(=O)NN)O1. The molecule has 1 heterocycles. The lowest BCUT2D eigenvalue weighted by Gasteiger charge is -2.24. The fourth-order valence-corrected chi connectivity index (χ4v) is 2.45. The highest BCUT2D eigenvalue weighted by molar-refractivity contribution is 5.80. The van der Waals surface area contributed by atoms with Crippen molar-refractivity contribution < 1.29 is 14.3 Å². The van der Waals surface area contributed by atoms with Crippen molar-refractivity contribution in [2.24, 2.45) is 5.84 Å². The number of amides is 2. The molecule has 0 saturated carbocycles. The van der Waals surface area contributed by atoms with Crippen LogP contribution < -0.4 is 11.3 Å². The van der Waals surface area contributed by atoms with Crippen LogP contribution in [0.2, 0.25) is 0 Å². The number of nitrogens with zero attached hydrogens (tertiary/aromatic N) is 2. The number of hydrogen-bond acceptors (Lipinski definition) is 5. The number of likely N-dealkylation sites (N-methyl/N-ethyl adjacent to an activating group) is 2. The quantitative estimate of drug-likeness (QED) is 0.368. The average Bonchev–Trinajstić information content (AvgIpc) is 2.87. The first kappa shape index (κ1) is 16.9. The molecule has 1 saturated heterocycles. The van der Waals surface area contributed by atoms with Crippen molar-refractivity contribution >= 4 is 11.8 Å². The Morgan fingerprint density at radius 2 is 1.95 bits per heavy atom. The minimum absolute atomic E-state index is 0.0215. The molecule has 0 aromatic carbocycles. The van der Waals surface area contributed by atoms with Crippen LogP contribution in [0.1, 0.15) is 26.7 Å². The molecule has 0 aliphatic carbocycles. The maximum absolute atomic E-state index is 12.0. The Hall–Kier alpha value is -1.18. The topological polar surface area (TPSA) is 87.9 Å². The van der Waals surface area contributed by atoms with Gasteiger partial charge >= 0.3 is 0 Å². The Labute approximate surface area is 120 Å². The average molecular weight is 286 g/mol. The molecule has 7 heteroatoms. The summed E-state index contributed by atoms with van der Waals surface area (Å²) >= 11 is 0. The number of nitrogens with one attached hydrogen (secondary N) is 1.